The molecule has 3 rings (SSSR count). The lowest BCUT2D eigenvalue weighted by Gasteiger charge is -2.39. The van der Waals surface area contributed by atoms with E-state index in [0.29, 0.717) is 31.0 Å². The number of morpholine rings is 1. The largest absolute Gasteiger partial charge is 0.365 e. The lowest BCUT2D eigenvalue weighted by molar-refractivity contribution is -0.142. The number of hydrogen-bond acceptors (Lipinski definition) is 7. The van der Waals surface area contributed by atoms with Crippen molar-refractivity contribution in [3.63, 3.8) is 0 Å². The first-order chi connectivity index (χ1) is 14.8. The molecule has 31 heavy (non-hydrogen) atoms. The van der Waals surface area contributed by atoms with Gasteiger partial charge in [0.1, 0.15) is 23.3 Å². The summed E-state index contributed by atoms with van der Waals surface area (Å²) in [7, 11) is 5.43. The highest BCUT2D eigenvalue weighted by Crippen LogP contribution is 2.30. The molecule has 2 aromatic heterocycles. The fourth-order valence-corrected chi connectivity index (χ4v) is 3.64. The first-order valence-corrected chi connectivity index (χ1v) is 10.1. The summed E-state index contributed by atoms with van der Waals surface area (Å²) < 4.78 is 6.28. The minimum atomic E-state index is -0.401. The van der Waals surface area contributed by atoms with E-state index in [9.17, 15) is 9.59 Å². The minimum absolute atomic E-state index is 0.150. The van der Waals surface area contributed by atoms with Gasteiger partial charge in [0.15, 0.2) is 0 Å². The molecule has 0 bridgehead atoms. The van der Waals surface area contributed by atoms with E-state index in [0.717, 1.165) is 5.56 Å². The van der Waals surface area contributed by atoms with Crippen molar-refractivity contribution in [1.29, 1.82) is 0 Å². The molecule has 3 heterocycles. The van der Waals surface area contributed by atoms with Gasteiger partial charge in [-0.3, -0.25) is 9.59 Å². The Morgan fingerprint density at radius 3 is 2.74 bits per heavy atom. The third-order valence-electron chi connectivity index (χ3n) is 4.80. The van der Waals surface area contributed by atoms with E-state index in [1.165, 1.54) is 19.5 Å². The van der Waals surface area contributed by atoms with Crippen molar-refractivity contribution in [1.82, 2.24) is 30.1 Å². The highest BCUT2D eigenvalue weighted by molar-refractivity contribution is 6.29. The van der Waals surface area contributed by atoms with E-state index < -0.39 is 6.10 Å². The maximum atomic E-state index is 12.3. The van der Waals surface area contributed by atoms with Crippen LogP contribution in [0.3, 0.4) is 0 Å². The van der Waals surface area contributed by atoms with Crippen molar-refractivity contribution >= 4 is 23.4 Å². The van der Waals surface area contributed by atoms with Crippen LogP contribution in [0.1, 0.15) is 22.2 Å². The van der Waals surface area contributed by atoms with E-state index in [-0.39, 0.29) is 28.8 Å². The van der Waals surface area contributed by atoms with Crippen LogP contribution in [0.5, 0.6) is 0 Å². The van der Waals surface area contributed by atoms with Crippen LogP contribution in [0.4, 0.5) is 0 Å². The predicted molar refractivity (Wildman–Crippen MR) is 117 cm³/mol. The van der Waals surface area contributed by atoms with Gasteiger partial charge < -0.3 is 19.9 Å². The Kier molecular flexibility index (Phi) is 7.32. The second kappa shape index (κ2) is 9.95. The average molecular weight is 445 g/mol. The molecule has 1 fully saturated rings. The summed E-state index contributed by atoms with van der Waals surface area (Å²) in [6.45, 7) is 5.10. The molecule has 2 amide bonds. The second-order valence-corrected chi connectivity index (χ2v) is 7.82. The molecule has 2 aromatic rings. The standard InChI is InChI=1S/C21H25ClN6O3/c1-5-20(29)28-10-14(9-27(3)4)31-18(11-28)13-6-16(26-19(22)7-13)15-8-17(21(30)23-2)25-12-24-15/h5-8,12,14,18H,1,9-11H2,2-4H3,(H,23,30)/t14-,18?/m0/s1. The topological polar surface area (TPSA) is 101 Å². The monoisotopic (exact) mass is 444 g/mol. The van der Waals surface area contributed by atoms with E-state index >= 15 is 0 Å². The van der Waals surface area contributed by atoms with Gasteiger partial charge >= 0.3 is 0 Å². The summed E-state index contributed by atoms with van der Waals surface area (Å²) in [6, 6.07) is 5.07. The van der Waals surface area contributed by atoms with Crippen LogP contribution < -0.4 is 5.32 Å². The summed E-state index contributed by atoms with van der Waals surface area (Å²) in [5, 5.41) is 2.79. The molecule has 1 aliphatic rings. The molecule has 0 aliphatic carbocycles. The van der Waals surface area contributed by atoms with E-state index in [1.807, 2.05) is 19.0 Å². The number of carbonyl (C=O) groups is 2. The van der Waals surface area contributed by atoms with Crippen molar-refractivity contribution in [3.05, 3.63) is 53.6 Å². The highest BCUT2D eigenvalue weighted by atomic mass is 35.5. The number of halogens is 1. The van der Waals surface area contributed by atoms with Crippen LogP contribution >= 0.6 is 11.6 Å². The first kappa shape index (κ1) is 22.8. The first-order valence-electron chi connectivity index (χ1n) is 9.74. The van der Waals surface area contributed by atoms with Gasteiger partial charge in [-0.25, -0.2) is 15.0 Å². The maximum Gasteiger partial charge on any atom is 0.269 e. The van der Waals surface area contributed by atoms with Crippen molar-refractivity contribution in [2.45, 2.75) is 12.2 Å². The van der Waals surface area contributed by atoms with Gasteiger partial charge in [0.05, 0.1) is 24.0 Å². The van der Waals surface area contributed by atoms with Gasteiger partial charge in [0, 0.05) is 20.1 Å². The normalized spacial score (nSPS) is 18.7. The molecule has 9 nitrogen and oxygen atoms in total. The van der Waals surface area contributed by atoms with Crippen molar-refractivity contribution in [2.24, 2.45) is 0 Å². The van der Waals surface area contributed by atoms with Gasteiger partial charge in [0.2, 0.25) is 5.91 Å². The Hall–Kier alpha value is -2.88. The number of pyridine rings is 1. The fourth-order valence-electron chi connectivity index (χ4n) is 3.42. The number of likely N-dealkylation sites (N-methyl/N-ethyl adjacent to an activating group) is 1. The third kappa shape index (κ3) is 5.63. The highest BCUT2D eigenvalue weighted by Gasteiger charge is 2.31. The molecular weight excluding hydrogens is 420 g/mol. The number of ether oxygens (including phenoxy) is 1. The molecule has 0 radical (unpaired) electrons. The molecule has 0 saturated carbocycles. The van der Waals surface area contributed by atoms with Crippen LogP contribution in [0.25, 0.3) is 11.4 Å². The van der Waals surface area contributed by atoms with Crippen LogP contribution in [-0.2, 0) is 9.53 Å². The van der Waals surface area contributed by atoms with Crippen LogP contribution in [-0.4, -0.2) is 83.4 Å². The number of rotatable bonds is 6. The van der Waals surface area contributed by atoms with E-state index in [4.69, 9.17) is 16.3 Å². The SMILES string of the molecule is C=CC(=O)N1CC(c2cc(Cl)nc(-c3cc(C(=O)NC)ncn3)c2)O[C@@H](CN(C)C)C1. The predicted octanol–water partition coefficient (Wildman–Crippen LogP) is 1.57. The zero-order chi connectivity index (χ0) is 22.5. The molecule has 2 atom stereocenters. The molecule has 10 heteroatoms. The van der Waals surface area contributed by atoms with Gasteiger partial charge in [-0.1, -0.05) is 18.2 Å². The van der Waals surface area contributed by atoms with Gasteiger partial charge in [-0.15, -0.1) is 0 Å². The summed E-state index contributed by atoms with van der Waals surface area (Å²) in [5.41, 5.74) is 1.92. The smallest absolute Gasteiger partial charge is 0.269 e. The molecule has 0 aromatic carbocycles. The summed E-state index contributed by atoms with van der Waals surface area (Å²) >= 11 is 6.30. The van der Waals surface area contributed by atoms with Crippen LogP contribution in [0.15, 0.2) is 37.2 Å². The quantitative estimate of drug-likeness (QED) is 0.533. The molecule has 0 spiro atoms. The Labute approximate surface area is 186 Å². The molecule has 164 valence electrons. The summed E-state index contributed by atoms with van der Waals surface area (Å²) in [5.74, 6) is -0.477. The minimum Gasteiger partial charge on any atom is -0.365 e. The van der Waals surface area contributed by atoms with Crippen molar-refractivity contribution in [3.8, 4) is 11.4 Å². The number of nitrogens with one attached hydrogen (secondary N) is 1. The van der Waals surface area contributed by atoms with Crippen LogP contribution in [0, 0.1) is 0 Å². The molecule has 1 N–H and O–H groups in total. The number of amides is 2. The van der Waals surface area contributed by atoms with E-state index in [2.05, 4.69) is 26.8 Å². The average Bonchev–Trinajstić information content (AvgIpc) is 2.77. The van der Waals surface area contributed by atoms with Gasteiger partial charge in [-0.2, -0.15) is 0 Å². The maximum absolute atomic E-state index is 12.3. The zero-order valence-corrected chi connectivity index (χ0v) is 18.5. The molecule has 1 aliphatic heterocycles. The lowest BCUT2D eigenvalue weighted by atomic mass is 10.0. The number of nitrogens with zero attached hydrogens (tertiary/aromatic N) is 5. The third-order valence-corrected chi connectivity index (χ3v) is 4.99. The number of carbonyl (C=O) groups excluding carboxylic acids is 2. The van der Waals surface area contributed by atoms with Gasteiger partial charge in [-0.05, 0) is 43.9 Å². The second-order valence-electron chi connectivity index (χ2n) is 7.43. The summed E-state index contributed by atoms with van der Waals surface area (Å²) in [4.78, 5) is 40.5. The molecule has 1 saturated heterocycles. The Bertz CT molecular complexity index is 983. The fraction of sp³-hybridized carbons (Fsp3) is 0.381. The van der Waals surface area contributed by atoms with E-state index in [1.54, 1.807) is 23.1 Å². The van der Waals surface area contributed by atoms with Gasteiger partial charge in [0.25, 0.3) is 5.91 Å². The zero-order valence-electron chi connectivity index (χ0n) is 17.7. The van der Waals surface area contributed by atoms with Crippen molar-refractivity contribution in [2.75, 3.05) is 40.8 Å². The molecule has 1 unspecified atom stereocenters. The van der Waals surface area contributed by atoms with Crippen molar-refractivity contribution < 1.29 is 14.3 Å². The Morgan fingerprint density at radius 1 is 1.29 bits per heavy atom. The van der Waals surface area contributed by atoms with Crippen LogP contribution in [0.2, 0.25) is 5.15 Å². The number of aromatic nitrogens is 3. The Balaban J connectivity index is 1.95. The lowest BCUT2D eigenvalue weighted by Crippen LogP contribution is -2.49. The molecular formula is C21H25ClN6O3. The Morgan fingerprint density at radius 2 is 2.06 bits per heavy atom. The number of hydrogen-bond donors (Lipinski definition) is 1. The summed E-state index contributed by atoms with van der Waals surface area (Å²) in [6.07, 6.45) is 2.03.